The average Bonchev–Trinajstić information content (AvgIpc) is 2.86. The zero-order chi connectivity index (χ0) is 13.6. The molecule has 0 bridgehead atoms. The molecule has 0 aliphatic rings. The van der Waals surface area contributed by atoms with Crippen molar-refractivity contribution in [3.8, 4) is 0 Å². The third-order valence-corrected chi connectivity index (χ3v) is 2.31. The van der Waals surface area contributed by atoms with Crippen LogP contribution in [-0.2, 0) is 11.3 Å². The summed E-state index contributed by atoms with van der Waals surface area (Å²) in [6.45, 7) is -0.335. The highest BCUT2D eigenvalue weighted by Crippen LogP contribution is 2.10. The smallest absolute Gasteiger partial charge is 0.282 e. The molecule has 0 radical (unpaired) electrons. The van der Waals surface area contributed by atoms with Gasteiger partial charge in [-0.1, -0.05) is 0 Å². The SMILES string of the molecule is CC(NCC(F)(F)CO)C(=O)NCc1ccco1. The van der Waals surface area contributed by atoms with Crippen molar-refractivity contribution in [1.82, 2.24) is 10.6 Å². The van der Waals surface area contributed by atoms with Gasteiger partial charge in [-0.15, -0.1) is 0 Å². The number of hydrogen-bond acceptors (Lipinski definition) is 4. The van der Waals surface area contributed by atoms with Gasteiger partial charge in [0.25, 0.3) is 5.92 Å². The number of amides is 1. The zero-order valence-electron chi connectivity index (χ0n) is 9.95. The topological polar surface area (TPSA) is 74.5 Å². The monoisotopic (exact) mass is 262 g/mol. The third kappa shape index (κ3) is 4.80. The average molecular weight is 262 g/mol. The number of furan rings is 1. The first kappa shape index (κ1) is 14.6. The van der Waals surface area contributed by atoms with Crippen molar-refractivity contribution >= 4 is 5.91 Å². The molecule has 1 aromatic heterocycles. The molecule has 5 nitrogen and oxygen atoms in total. The van der Waals surface area contributed by atoms with E-state index in [1.54, 1.807) is 12.1 Å². The van der Waals surface area contributed by atoms with Gasteiger partial charge in [0, 0.05) is 0 Å². The van der Waals surface area contributed by atoms with Crippen LogP contribution in [0.5, 0.6) is 0 Å². The summed E-state index contributed by atoms with van der Waals surface area (Å²) in [6.07, 6.45) is 1.48. The molecule has 0 aromatic carbocycles. The van der Waals surface area contributed by atoms with E-state index >= 15 is 0 Å². The molecule has 0 aliphatic carbocycles. The van der Waals surface area contributed by atoms with Crippen molar-refractivity contribution in [2.24, 2.45) is 0 Å². The fraction of sp³-hybridized carbons (Fsp3) is 0.545. The van der Waals surface area contributed by atoms with Crippen LogP contribution >= 0.6 is 0 Å². The molecule has 1 atom stereocenters. The van der Waals surface area contributed by atoms with E-state index in [-0.39, 0.29) is 6.54 Å². The van der Waals surface area contributed by atoms with Crippen LogP contribution < -0.4 is 10.6 Å². The van der Waals surface area contributed by atoms with Gasteiger partial charge in [-0.2, -0.15) is 0 Å². The summed E-state index contributed by atoms with van der Waals surface area (Å²) in [5, 5.41) is 13.3. The highest BCUT2D eigenvalue weighted by Gasteiger charge is 2.28. The fourth-order valence-electron chi connectivity index (χ4n) is 1.19. The van der Waals surface area contributed by atoms with Crippen LogP contribution in [0.2, 0.25) is 0 Å². The highest BCUT2D eigenvalue weighted by molar-refractivity contribution is 5.81. The molecule has 0 fully saturated rings. The van der Waals surface area contributed by atoms with Crippen LogP contribution in [-0.4, -0.2) is 36.1 Å². The number of rotatable bonds is 7. The zero-order valence-corrected chi connectivity index (χ0v) is 9.95. The second-order valence-electron chi connectivity index (χ2n) is 3.91. The summed E-state index contributed by atoms with van der Waals surface area (Å²) in [7, 11) is 0. The Labute approximate surface area is 103 Å². The summed E-state index contributed by atoms with van der Waals surface area (Å²) in [5.74, 6) is -3.06. The number of carbonyl (C=O) groups is 1. The quantitative estimate of drug-likeness (QED) is 0.669. The molecule has 7 heteroatoms. The largest absolute Gasteiger partial charge is 0.467 e. The minimum Gasteiger partial charge on any atom is -0.467 e. The van der Waals surface area contributed by atoms with Crippen LogP contribution in [0.25, 0.3) is 0 Å². The molecule has 0 aliphatic heterocycles. The van der Waals surface area contributed by atoms with Gasteiger partial charge in [0.05, 0.1) is 25.4 Å². The van der Waals surface area contributed by atoms with E-state index in [1.807, 2.05) is 0 Å². The standard InChI is InChI=1S/C11H16F2N2O3/c1-8(15-6-11(12,13)7-16)10(17)14-5-9-3-2-4-18-9/h2-4,8,15-16H,5-7H2,1H3,(H,14,17). The van der Waals surface area contributed by atoms with Gasteiger partial charge in [0.2, 0.25) is 5.91 Å². The molecule has 1 rings (SSSR count). The predicted molar refractivity (Wildman–Crippen MR) is 60.1 cm³/mol. The van der Waals surface area contributed by atoms with Crippen LogP contribution in [0.4, 0.5) is 8.78 Å². The molecule has 18 heavy (non-hydrogen) atoms. The third-order valence-electron chi connectivity index (χ3n) is 2.31. The first-order valence-corrected chi connectivity index (χ1v) is 5.47. The minimum atomic E-state index is -3.23. The number of aliphatic hydroxyl groups excluding tert-OH is 1. The summed E-state index contributed by atoms with van der Waals surface area (Å²) in [5.41, 5.74) is 0. The van der Waals surface area contributed by atoms with Crippen molar-refractivity contribution in [3.63, 3.8) is 0 Å². The van der Waals surface area contributed by atoms with E-state index < -0.39 is 31.0 Å². The Balaban J connectivity index is 2.29. The number of halogens is 2. The Morgan fingerprint density at radius 1 is 1.61 bits per heavy atom. The van der Waals surface area contributed by atoms with Crippen molar-refractivity contribution in [1.29, 1.82) is 0 Å². The van der Waals surface area contributed by atoms with Crippen LogP contribution in [0.3, 0.4) is 0 Å². The van der Waals surface area contributed by atoms with Crippen LogP contribution in [0, 0.1) is 0 Å². The van der Waals surface area contributed by atoms with Gasteiger partial charge in [-0.3, -0.25) is 4.79 Å². The van der Waals surface area contributed by atoms with E-state index in [0.717, 1.165) is 0 Å². The fourth-order valence-corrected chi connectivity index (χ4v) is 1.19. The summed E-state index contributed by atoms with van der Waals surface area (Å²) in [4.78, 5) is 11.5. The lowest BCUT2D eigenvalue weighted by molar-refractivity contribution is -0.123. The molecular weight excluding hydrogens is 246 g/mol. The first-order chi connectivity index (χ1) is 8.44. The van der Waals surface area contributed by atoms with Gasteiger partial charge >= 0.3 is 0 Å². The molecule has 1 unspecified atom stereocenters. The van der Waals surface area contributed by atoms with E-state index in [0.29, 0.717) is 5.76 Å². The second-order valence-corrected chi connectivity index (χ2v) is 3.91. The second kappa shape index (κ2) is 6.46. The summed E-state index contributed by atoms with van der Waals surface area (Å²) < 4.78 is 30.5. The lowest BCUT2D eigenvalue weighted by atomic mass is 10.2. The lowest BCUT2D eigenvalue weighted by Gasteiger charge is -2.18. The van der Waals surface area contributed by atoms with E-state index in [9.17, 15) is 13.6 Å². The first-order valence-electron chi connectivity index (χ1n) is 5.47. The Morgan fingerprint density at radius 3 is 2.89 bits per heavy atom. The van der Waals surface area contributed by atoms with Gasteiger partial charge in [0.1, 0.15) is 12.4 Å². The summed E-state index contributed by atoms with van der Waals surface area (Å²) >= 11 is 0. The molecule has 1 amide bonds. The van der Waals surface area contributed by atoms with E-state index in [2.05, 4.69) is 10.6 Å². The Morgan fingerprint density at radius 2 is 2.33 bits per heavy atom. The molecular formula is C11H16F2N2O3. The lowest BCUT2D eigenvalue weighted by Crippen LogP contribution is -2.47. The van der Waals surface area contributed by atoms with Crippen LogP contribution in [0.15, 0.2) is 22.8 Å². The van der Waals surface area contributed by atoms with Crippen molar-refractivity contribution in [2.45, 2.75) is 25.4 Å². The summed E-state index contributed by atoms with van der Waals surface area (Å²) in [6, 6.07) is 2.60. The van der Waals surface area contributed by atoms with Crippen molar-refractivity contribution in [3.05, 3.63) is 24.2 Å². The maximum absolute atomic E-state index is 12.7. The van der Waals surface area contributed by atoms with Crippen molar-refractivity contribution in [2.75, 3.05) is 13.2 Å². The maximum Gasteiger partial charge on any atom is 0.282 e. The number of carbonyl (C=O) groups excluding carboxylic acids is 1. The molecule has 0 saturated heterocycles. The molecule has 102 valence electrons. The molecule has 3 N–H and O–H groups in total. The Hall–Kier alpha value is -1.47. The Bertz CT molecular complexity index is 368. The van der Waals surface area contributed by atoms with Gasteiger partial charge < -0.3 is 20.2 Å². The Kier molecular flexibility index (Phi) is 5.24. The molecule has 1 heterocycles. The van der Waals surface area contributed by atoms with Gasteiger partial charge in [-0.05, 0) is 19.1 Å². The molecule has 0 spiro atoms. The van der Waals surface area contributed by atoms with Gasteiger partial charge in [-0.25, -0.2) is 8.78 Å². The van der Waals surface area contributed by atoms with Crippen molar-refractivity contribution < 1.29 is 23.1 Å². The predicted octanol–water partition coefficient (Wildman–Crippen LogP) is 0.501. The van der Waals surface area contributed by atoms with Gasteiger partial charge in [0.15, 0.2) is 0 Å². The number of hydrogen-bond donors (Lipinski definition) is 3. The number of nitrogens with one attached hydrogen (secondary N) is 2. The number of aliphatic hydroxyl groups is 1. The molecule has 1 aromatic rings. The highest BCUT2D eigenvalue weighted by atomic mass is 19.3. The minimum absolute atomic E-state index is 0.203. The van der Waals surface area contributed by atoms with E-state index in [4.69, 9.17) is 9.52 Å². The molecule has 0 saturated carbocycles. The van der Waals surface area contributed by atoms with Crippen LogP contribution in [0.1, 0.15) is 12.7 Å². The number of alkyl halides is 2. The maximum atomic E-state index is 12.7. The normalized spacial score (nSPS) is 13.3. The van der Waals surface area contributed by atoms with E-state index in [1.165, 1.54) is 13.2 Å².